The minimum atomic E-state index is -4.01. The number of sulfonamides is 1. The lowest BCUT2D eigenvalue weighted by molar-refractivity contribution is 0.595. The van der Waals surface area contributed by atoms with Crippen molar-refractivity contribution in [1.29, 1.82) is 0 Å². The van der Waals surface area contributed by atoms with Crippen LogP contribution in [0.25, 0.3) is 9.88 Å². The van der Waals surface area contributed by atoms with Gasteiger partial charge in [-0.2, -0.15) is 0 Å². The molecule has 0 fully saturated rings. The number of halogens is 2. The normalized spacial score (nSPS) is 11.9. The van der Waals surface area contributed by atoms with E-state index in [9.17, 15) is 17.2 Å². The van der Waals surface area contributed by atoms with Crippen molar-refractivity contribution in [2.75, 3.05) is 4.72 Å². The van der Waals surface area contributed by atoms with Gasteiger partial charge in [-0.1, -0.05) is 13.8 Å². The summed E-state index contributed by atoms with van der Waals surface area (Å²) < 4.78 is 53.8. The average molecular weight is 400 g/mol. The predicted octanol–water partition coefficient (Wildman–Crippen LogP) is 5.07. The molecule has 2 aromatic heterocycles. The van der Waals surface area contributed by atoms with Crippen LogP contribution in [0.3, 0.4) is 0 Å². The van der Waals surface area contributed by atoms with Crippen molar-refractivity contribution in [3.05, 3.63) is 53.0 Å². The van der Waals surface area contributed by atoms with Gasteiger partial charge in [0.15, 0.2) is 0 Å². The Bertz CT molecular complexity index is 1010. The molecule has 9 heteroatoms. The zero-order valence-electron chi connectivity index (χ0n) is 13.3. The van der Waals surface area contributed by atoms with Crippen molar-refractivity contribution in [2.24, 2.45) is 0 Å². The fourth-order valence-corrected chi connectivity index (χ4v) is 5.43. The average Bonchev–Trinajstić information content (AvgIpc) is 3.19. The lowest BCUT2D eigenvalue weighted by atomic mass is 10.2. The molecule has 0 amide bonds. The zero-order valence-corrected chi connectivity index (χ0v) is 15.7. The summed E-state index contributed by atoms with van der Waals surface area (Å²) in [6.45, 7) is 4.06. The van der Waals surface area contributed by atoms with Crippen molar-refractivity contribution in [3.63, 3.8) is 0 Å². The second-order valence-electron chi connectivity index (χ2n) is 5.58. The Morgan fingerprint density at radius 1 is 1.16 bits per heavy atom. The van der Waals surface area contributed by atoms with Crippen LogP contribution in [0.4, 0.5) is 14.5 Å². The molecule has 0 radical (unpaired) electrons. The molecule has 3 rings (SSSR count). The minimum absolute atomic E-state index is 0.00691. The van der Waals surface area contributed by atoms with Gasteiger partial charge < -0.3 is 0 Å². The van der Waals surface area contributed by atoms with Gasteiger partial charge in [-0.3, -0.25) is 4.72 Å². The predicted molar refractivity (Wildman–Crippen MR) is 96.7 cm³/mol. The Hall–Kier alpha value is -1.84. The Labute approximate surface area is 152 Å². The molecule has 0 saturated carbocycles. The highest BCUT2D eigenvalue weighted by atomic mass is 32.2. The van der Waals surface area contributed by atoms with Gasteiger partial charge in [0.1, 0.15) is 20.9 Å². The molecule has 1 N–H and O–H groups in total. The highest BCUT2D eigenvalue weighted by Gasteiger charge is 2.20. The van der Waals surface area contributed by atoms with Gasteiger partial charge in [0, 0.05) is 11.4 Å². The van der Waals surface area contributed by atoms with E-state index in [1.807, 2.05) is 19.2 Å². The monoisotopic (exact) mass is 400 g/mol. The quantitative estimate of drug-likeness (QED) is 0.650. The Kier molecular flexibility index (Phi) is 4.90. The molecule has 1 aromatic carbocycles. The van der Waals surface area contributed by atoms with E-state index in [1.165, 1.54) is 17.4 Å². The summed E-state index contributed by atoms with van der Waals surface area (Å²) in [7, 11) is -4.01. The standard InChI is InChI=1S/C16H14F2N2O2S3/c1-9(2)13-8-23-16(19-13)14-5-6-15(24-14)25(21,22)20-12-7-10(17)3-4-11(12)18/h3-9,20H,1-2H3. The summed E-state index contributed by atoms with van der Waals surface area (Å²) in [6.07, 6.45) is 0. The molecule has 0 bridgehead atoms. The number of hydrogen-bond donors (Lipinski definition) is 1. The second-order valence-corrected chi connectivity index (χ2v) is 9.43. The van der Waals surface area contributed by atoms with Crippen LogP contribution in [-0.2, 0) is 10.0 Å². The molecule has 0 unspecified atom stereocenters. The van der Waals surface area contributed by atoms with Crippen LogP contribution in [0.5, 0.6) is 0 Å². The lowest BCUT2D eigenvalue weighted by Gasteiger charge is -2.07. The third kappa shape index (κ3) is 3.88. The number of thiophene rings is 1. The van der Waals surface area contributed by atoms with Crippen molar-refractivity contribution in [3.8, 4) is 9.88 Å². The van der Waals surface area contributed by atoms with E-state index in [2.05, 4.69) is 9.71 Å². The van der Waals surface area contributed by atoms with Crippen LogP contribution in [0, 0.1) is 11.6 Å². The molecule has 0 spiro atoms. The summed E-state index contributed by atoms with van der Waals surface area (Å²) >= 11 is 2.47. The Morgan fingerprint density at radius 3 is 2.60 bits per heavy atom. The maximum absolute atomic E-state index is 13.7. The van der Waals surface area contributed by atoms with E-state index in [0.717, 1.165) is 40.2 Å². The summed E-state index contributed by atoms with van der Waals surface area (Å²) in [5.74, 6) is -1.29. The summed E-state index contributed by atoms with van der Waals surface area (Å²) in [6, 6.07) is 5.68. The summed E-state index contributed by atoms with van der Waals surface area (Å²) in [5.41, 5.74) is 0.518. The number of hydrogen-bond acceptors (Lipinski definition) is 5. The van der Waals surface area contributed by atoms with Gasteiger partial charge in [0.25, 0.3) is 10.0 Å². The molecule has 4 nitrogen and oxygen atoms in total. The van der Waals surface area contributed by atoms with Crippen LogP contribution in [0.15, 0.2) is 39.9 Å². The van der Waals surface area contributed by atoms with E-state index < -0.39 is 27.3 Å². The lowest BCUT2D eigenvalue weighted by Crippen LogP contribution is -2.12. The summed E-state index contributed by atoms with van der Waals surface area (Å²) in [5, 5.41) is 2.67. The van der Waals surface area contributed by atoms with Crippen LogP contribution >= 0.6 is 22.7 Å². The smallest absolute Gasteiger partial charge is 0.271 e. The van der Waals surface area contributed by atoms with Gasteiger partial charge >= 0.3 is 0 Å². The summed E-state index contributed by atoms with van der Waals surface area (Å²) in [4.78, 5) is 5.19. The molecule has 2 heterocycles. The maximum atomic E-state index is 13.7. The Morgan fingerprint density at radius 2 is 1.92 bits per heavy atom. The van der Waals surface area contributed by atoms with E-state index in [1.54, 1.807) is 6.07 Å². The van der Waals surface area contributed by atoms with Crippen LogP contribution in [-0.4, -0.2) is 13.4 Å². The van der Waals surface area contributed by atoms with E-state index in [4.69, 9.17) is 0 Å². The fourth-order valence-electron chi connectivity index (χ4n) is 2.01. The van der Waals surface area contributed by atoms with Crippen molar-refractivity contribution in [1.82, 2.24) is 4.98 Å². The first-order chi connectivity index (χ1) is 11.8. The maximum Gasteiger partial charge on any atom is 0.271 e. The first kappa shape index (κ1) is 18.0. The largest absolute Gasteiger partial charge is 0.276 e. The minimum Gasteiger partial charge on any atom is -0.276 e. The highest BCUT2D eigenvalue weighted by molar-refractivity contribution is 7.94. The van der Waals surface area contributed by atoms with Crippen molar-refractivity contribution >= 4 is 38.4 Å². The molecule has 3 aromatic rings. The van der Waals surface area contributed by atoms with E-state index in [-0.39, 0.29) is 10.1 Å². The second kappa shape index (κ2) is 6.81. The third-order valence-corrected chi connectivity index (χ3v) is 7.32. The first-order valence-electron chi connectivity index (χ1n) is 7.30. The number of rotatable bonds is 5. The molecular weight excluding hydrogens is 386 g/mol. The van der Waals surface area contributed by atoms with Crippen LogP contribution < -0.4 is 4.72 Å². The van der Waals surface area contributed by atoms with Gasteiger partial charge in [-0.15, -0.1) is 22.7 Å². The molecule has 0 atom stereocenters. The molecular formula is C16H14F2N2O2S3. The fraction of sp³-hybridized carbons (Fsp3) is 0.188. The van der Waals surface area contributed by atoms with Gasteiger partial charge in [0.2, 0.25) is 0 Å². The van der Waals surface area contributed by atoms with Crippen molar-refractivity contribution in [2.45, 2.75) is 24.0 Å². The number of nitrogens with zero attached hydrogens (tertiary/aromatic N) is 1. The SMILES string of the molecule is CC(C)c1csc(-c2ccc(S(=O)(=O)Nc3cc(F)ccc3F)s2)n1. The third-order valence-electron chi connectivity index (χ3n) is 3.34. The molecule has 0 saturated heterocycles. The van der Waals surface area contributed by atoms with Crippen molar-refractivity contribution < 1.29 is 17.2 Å². The number of benzene rings is 1. The van der Waals surface area contributed by atoms with E-state index in [0.29, 0.717) is 4.88 Å². The molecule has 0 aliphatic heterocycles. The number of thiazole rings is 1. The number of aromatic nitrogens is 1. The molecule has 0 aliphatic carbocycles. The van der Waals surface area contributed by atoms with Gasteiger partial charge in [0.05, 0.1) is 16.3 Å². The van der Waals surface area contributed by atoms with Gasteiger partial charge in [-0.25, -0.2) is 22.2 Å². The molecule has 132 valence electrons. The molecule has 0 aliphatic rings. The van der Waals surface area contributed by atoms with E-state index >= 15 is 0 Å². The number of anilines is 1. The van der Waals surface area contributed by atoms with Gasteiger partial charge in [-0.05, 0) is 30.2 Å². The van der Waals surface area contributed by atoms with Crippen LogP contribution in [0.2, 0.25) is 0 Å². The first-order valence-corrected chi connectivity index (χ1v) is 10.5. The number of nitrogens with one attached hydrogen (secondary N) is 1. The van der Waals surface area contributed by atoms with Crippen LogP contribution in [0.1, 0.15) is 25.5 Å². The Balaban J connectivity index is 1.88. The molecule has 25 heavy (non-hydrogen) atoms. The highest BCUT2D eigenvalue weighted by Crippen LogP contribution is 2.34. The topological polar surface area (TPSA) is 59.1 Å². The zero-order chi connectivity index (χ0) is 18.2.